The molecule has 17 heavy (non-hydrogen) atoms. The Hall–Kier alpha value is -1.95. The molecule has 6 nitrogen and oxygen atoms in total. The van der Waals surface area contributed by atoms with Gasteiger partial charge in [-0.25, -0.2) is 4.79 Å². The van der Waals surface area contributed by atoms with Gasteiger partial charge in [0, 0.05) is 13.2 Å². The van der Waals surface area contributed by atoms with Crippen molar-refractivity contribution in [1.29, 1.82) is 0 Å². The molecule has 0 saturated carbocycles. The molecule has 0 bridgehead atoms. The Bertz CT molecular complexity index is 481. The number of methoxy groups -OCH3 is 1. The van der Waals surface area contributed by atoms with Crippen LogP contribution in [0.25, 0.3) is 0 Å². The highest BCUT2D eigenvalue weighted by Gasteiger charge is 2.34. The van der Waals surface area contributed by atoms with Crippen LogP contribution in [-0.4, -0.2) is 26.7 Å². The molecule has 0 unspecified atom stereocenters. The first-order chi connectivity index (χ1) is 8.31. The Kier molecular flexibility index (Phi) is 2.29. The van der Waals surface area contributed by atoms with Gasteiger partial charge in [-0.3, -0.25) is 0 Å². The molecule has 0 aliphatic carbocycles. The van der Waals surface area contributed by atoms with Crippen molar-refractivity contribution >= 4 is 5.97 Å². The smallest absolute Gasteiger partial charge is 0.342 e. The topological polar surface area (TPSA) is 63.2 Å². The van der Waals surface area contributed by atoms with Crippen LogP contribution in [0.1, 0.15) is 15.9 Å². The maximum Gasteiger partial charge on any atom is 0.342 e. The Morgan fingerprint density at radius 2 is 2.24 bits per heavy atom. The van der Waals surface area contributed by atoms with Crippen molar-refractivity contribution < 1.29 is 28.5 Å². The molecule has 0 radical (unpaired) electrons. The Morgan fingerprint density at radius 1 is 1.35 bits per heavy atom. The maximum atomic E-state index is 11.6. The lowest BCUT2D eigenvalue weighted by Crippen LogP contribution is -2.04. The molecule has 6 heteroatoms. The third-order valence-electron chi connectivity index (χ3n) is 2.61. The third kappa shape index (κ3) is 1.49. The van der Waals surface area contributed by atoms with E-state index < -0.39 is 5.97 Å². The predicted octanol–water partition coefficient (Wildman–Crippen LogP) is 1.07. The number of hydrogen-bond donors (Lipinski definition) is 0. The van der Waals surface area contributed by atoms with Crippen molar-refractivity contribution in [2.24, 2.45) is 0 Å². The van der Waals surface area contributed by atoms with E-state index >= 15 is 0 Å². The van der Waals surface area contributed by atoms with Crippen molar-refractivity contribution in [3.63, 3.8) is 0 Å². The van der Waals surface area contributed by atoms with Crippen LogP contribution in [0.15, 0.2) is 6.07 Å². The number of benzene rings is 1. The van der Waals surface area contributed by atoms with Gasteiger partial charge in [0.05, 0.1) is 5.56 Å². The first-order valence-corrected chi connectivity index (χ1v) is 5.05. The van der Waals surface area contributed by atoms with E-state index in [1.165, 1.54) is 7.11 Å². The largest absolute Gasteiger partial charge is 0.466 e. The summed E-state index contributed by atoms with van der Waals surface area (Å²) in [6.07, 6.45) is 0. The Balaban J connectivity index is 2.09. The monoisotopic (exact) mass is 238 g/mol. The first-order valence-electron chi connectivity index (χ1n) is 5.05. The zero-order valence-corrected chi connectivity index (χ0v) is 9.15. The predicted molar refractivity (Wildman–Crippen MR) is 54.2 cm³/mol. The van der Waals surface area contributed by atoms with E-state index in [1.807, 2.05) is 0 Å². The fourth-order valence-corrected chi connectivity index (χ4v) is 1.89. The van der Waals surface area contributed by atoms with Gasteiger partial charge < -0.3 is 23.7 Å². The van der Waals surface area contributed by atoms with E-state index in [0.717, 1.165) is 0 Å². The summed E-state index contributed by atoms with van der Waals surface area (Å²) in [6, 6.07) is 1.62. The summed E-state index contributed by atoms with van der Waals surface area (Å²) in [5, 5.41) is 0. The summed E-state index contributed by atoms with van der Waals surface area (Å²) < 4.78 is 25.7. The molecule has 0 amide bonds. The van der Waals surface area contributed by atoms with Gasteiger partial charge in [0.25, 0.3) is 0 Å². The van der Waals surface area contributed by atoms with E-state index in [-0.39, 0.29) is 20.2 Å². The number of cyclic esters (lactones) is 1. The minimum atomic E-state index is -0.413. The van der Waals surface area contributed by atoms with Crippen LogP contribution in [0.5, 0.6) is 17.2 Å². The van der Waals surface area contributed by atoms with Gasteiger partial charge in [0.1, 0.15) is 17.9 Å². The first kappa shape index (κ1) is 10.2. The SMILES string of the molecule is COCOc1cc2c(c3c1C(=O)OC3)OCO2. The molecule has 0 atom stereocenters. The highest BCUT2D eigenvalue weighted by atomic mass is 16.7. The zero-order valence-electron chi connectivity index (χ0n) is 9.15. The molecule has 2 aliphatic heterocycles. The molecule has 2 aliphatic rings. The average Bonchev–Trinajstić information content (AvgIpc) is 2.92. The van der Waals surface area contributed by atoms with Gasteiger partial charge in [-0.1, -0.05) is 0 Å². The normalized spacial score (nSPS) is 15.7. The fraction of sp³-hybridized carbons (Fsp3) is 0.364. The molecule has 1 aromatic rings. The lowest BCUT2D eigenvalue weighted by molar-refractivity contribution is 0.0458. The highest BCUT2D eigenvalue weighted by Crippen LogP contribution is 2.45. The molecule has 0 aromatic heterocycles. The summed E-state index contributed by atoms with van der Waals surface area (Å²) >= 11 is 0. The summed E-state index contributed by atoms with van der Waals surface area (Å²) in [5.41, 5.74) is 1.07. The molecule has 1 aromatic carbocycles. The molecule has 0 N–H and O–H groups in total. The minimum Gasteiger partial charge on any atom is -0.466 e. The third-order valence-corrected chi connectivity index (χ3v) is 2.61. The van der Waals surface area contributed by atoms with Crippen LogP contribution < -0.4 is 14.2 Å². The lowest BCUT2D eigenvalue weighted by Gasteiger charge is -2.09. The number of fused-ring (bicyclic) bond motifs is 3. The minimum absolute atomic E-state index is 0.0549. The maximum absolute atomic E-state index is 11.6. The summed E-state index contributed by atoms with van der Waals surface area (Å²) in [4.78, 5) is 11.6. The van der Waals surface area contributed by atoms with Gasteiger partial charge in [-0.2, -0.15) is 0 Å². The van der Waals surface area contributed by atoms with E-state index in [4.69, 9.17) is 23.7 Å². The number of esters is 1. The van der Waals surface area contributed by atoms with Crippen LogP contribution in [0.2, 0.25) is 0 Å². The number of ether oxygens (including phenoxy) is 5. The number of hydrogen-bond acceptors (Lipinski definition) is 6. The molecule has 0 fully saturated rings. The quantitative estimate of drug-likeness (QED) is 0.579. The molecular formula is C11H10O6. The van der Waals surface area contributed by atoms with Crippen molar-refractivity contribution in [3.05, 3.63) is 17.2 Å². The number of rotatable bonds is 3. The second kappa shape index (κ2) is 3.81. The van der Waals surface area contributed by atoms with Crippen LogP contribution in [0.3, 0.4) is 0 Å². The average molecular weight is 238 g/mol. The van der Waals surface area contributed by atoms with E-state index in [2.05, 4.69) is 0 Å². The zero-order chi connectivity index (χ0) is 11.8. The number of carbonyl (C=O) groups excluding carboxylic acids is 1. The Morgan fingerprint density at radius 3 is 3.06 bits per heavy atom. The van der Waals surface area contributed by atoms with Crippen molar-refractivity contribution in [3.8, 4) is 17.2 Å². The van der Waals surface area contributed by atoms with Gasteiger partial charge >= 0.3 is 5.97 Å². The lowest BCUT2D eigenvalue weighted by atomic mass is 10.1. The van der Waals surface area contributed by atoms with E-state index in [0.29, 0.717) is 28.4 Å². The molecular weight excluding hydrogens is 228 g/mol. The van der Waals surface area contributed by atoms with Crippen LogP contribution in [0.4, 0.5) is 0 Å². The molecule has 90 valence electrons. The van der Waals surface area contributed by atoms with E-state index in [1.54, 1.807) is 6.07 Å². The van der Waals surface area contributed by atoms with Crippen LogP contribution in [-0.2, 0) is 16.1 Å². The van der Waals surface area contributed by atoms with Gasteiger partial charge in [0.2, 0.25) is 6.79 Å². The van der Waals surface area contributed by atoms with Crippen molar-refractivity contribution in [1.82, 2.24) is 0 Å². The number of carbonyl (C=O) groups is 1. The molecule has 0 saturated heterocycles. The summed E-state index contributed by atoms with van der Waals surface area (Å²) in [5.74, 6) is 1.11. The highest BCUT2D eigenvalue weighted by molar-refractivity contribution is 5.98. The summed E-state index contributed by atoms with van der Waals surface area (Å²) in [7, 11) is 1.51. The standard InChI is InChI=1S/C11H10O6/c1-13-4-15-7-2-8-10(17-5-16-8)6-3-14-11(12)9(6)7/h2H,3-5H2,1H3. The molecule has 3 rings (SSSR count). The van der Waals surface area contributed by atoms with Crippen molar-refractivity contribution in [2.75, 3.05) is 20.7 Å². The van der Waals surface area contributed by atoms with E-state index in [9.17, 15) is 4.79 Å². The second-order valence-corrected chi connectivity index (χ2v) is 3.59. The van der Waals surface area contributed by atoms with Crippen LogP contribution in [0, 0.1) is 0 Å². The molecule has 2 heterocycles. The molecule has 0 spiro atoms. The van der Waals surface area contributed by atoms with Gasteiger partial charge in [-0.15, -0.1) is 0 Å². The second-order valence-electron chi connectivity index (χ2n) is 3.59. The fourth-order valence-electron chi connectivity index (χ4n) is 1.89. The van der Waals surface area contributed by atoms with Gasteiger partial charge in [0.15, 0.2) is 18.3 Å². The summed E-state index contributed by atoms with van der Waals surface area (Å²) in [6.45, 7) is 0.382. The van der Waals surface area contributed by atoms with Crippen LogP contribution >= 0.6 is 0 Å². The van der Waals surface area contributed by atoms with Crippen molar-refractivity contribution in [2.45, 2.75) is 6.61 Å². The van der Waals surface area contributed by atoms with Gasteiger partial charge in [-0.05, 0) is 0 Å². The Labute approximate surface area is 97.0 Å².